The summed E-state index contributed by atoms with van der Waals surface area (Å²) in [5.74, 6) is 0.347. The molecule has 0 bridgehead atoms. The van der Waals surface area contributed by atoms with E-state index in [-0.39, 0.29) is 6.10 Å². The van der Waals surface area contributed by atoms with Gasteiger partial charge in [-0.05, 0) is 18.9 Å². The number of ether oxygens (including phenoxy) is 1. The molecule has 0 radical (unpaired) electrons. The van der Waals surface area contributed by atoms with E-state index in [2.05, 4.69) is 15.0 Å². The van der Waals surface area contributed by atoms with E-state index in [1.54, 1.807) is 17.8 Å². The smallest absolute Gasteiger partial charge is 0.254 e. The molecular weight excluding hydrogens is 258 g/mol. The van der Waals surface area contributed by atoms with Crippen LogP contribution in [0.25, 0.3) is 5.65 Å². The SMILES string of the molecule is CO[C@@H]1CC[C@H]1N(C)c1ccnc2c(C(N)=O)cnn12. The van der Waals surface area contributed by atoms with Gasteiger partial charge in [0.05, 0.1) is 18.3 Å². The molecule has 0 unspecified atom stereocenters. The normalized spacial score (nSPS) is 21.7. The van der Waals surface area contributed by atoms with Gasteiger partial charge in [0.1, 0.15) is 11.4 Å². The number of carbonyl (C=O) groups is 1. The van der Waals surface area contributed by atoms with Gasteiger partial charge in [-0.15, -0.1) is 0 Å². The van der Waals surface area contributed by atoms with Gasteiger partial charge in [0.25, 0.3) is 5.91 Å². The van der Waals surface area contributed by atoms with Gasteiger partial charge in [0, 0.05) is 20.4 Å². The van der Waals surface area contributed by atoms with Gasteiger partial charge >= 0.3 is 0 Å². The Labute approximate surface area is 116 Å². The molecule has 3 rings (SSSR count). The predicted molar refractivity (Wildman–Crippen MR) is 73.7 cm³/mol. The summed E-state index contributed by atoms with van der Waals surface area (Å²) < 4.78 is 7.08. The number of rotatable bonds is 4. The molecule has 2 heterocycles. The molecule has 1 saturated carbocycles. The molecule has 1 aliphatic carbocycles. The van der Waals surface area contributed by atoms with Crippen molar-refractivity contribution in [2.75, 3.05) is 19.1 Å². The highest BCUT2D eigenvalue weighted by Gasteiger charge is 2.35. The van der Waals surface area contributed by atoms with Crippen molar-refractivity contribution >= 4 is 17.4 Å². The summed E-state index contributed by atoms with van der Waals surface area (Å²) in [6, 6.07) is 2.18. The maximum Gasteiger partial charge on any atom is 0.254 e. The second kappa shape index (κ2) is 4.75. The summed E-state index contributed by atoms with van der Waals surface area (Å²) in [5, 5.41) is 4.22. The van der Waals surface area contributed by atoms with Gasteiger partial charge in [0.15, 0.2) is 5.65 Å². The highest BCUT2D eigenvalue weighted by Crippen LogP contribution is 2.30. The molecule has 2 aromatic heterocycles. The second-order valence-electron chi connectivity index (χ2n) is 4.99. The molecular formula is C13H17N5O2. The Hall–Kier alpha value is -2.15. The van der Waals surface area contributed by atoms with Crippen LogP contribution in [0.2, 0.25) is 0 Å². The summed E-state index contributed by atoms with van der Waals surface area (Å²) in [4.78, 5) is 17.7. The average molecular weight is 275 g/mol. The lowest BCUT2D eigenvalue weighted by atomic mass is 9.88. The predicted octanol–water partition coefficient (Wildman–Crippen LogP) is 0.442. The van der Waals surface area contributed by atoms with E-state index in [9.17, 15) is 4.79 Å². The monoisotopic (exact) mass is 275 g/mol. The van der Waals surface area contributed by atoms with Crippen LogP contribution in [0.4, 0.5) is 5.82 Å². The molecule has 106 valence electrons. The Bertz CT molecular complexity index is 651. The topological polar surface area (TPSA) is 85.7 Å². The van der Waals surface area contributed by atoms with Crippen LogP contribution >= 0.6 is 0 Å². The molecule has 2 N–H and O–H groups in total. The highest BCUT2D eigenvalue weighted by molar-refractivity contribution is 5.98. The second-order valence-corrected chi connectivity index (χ2v) is 4.99. The van der Waals surface area contributed by atoms with Crippen molar-refractivity contribution in [3.8, 4) is 0 Å². The Kier molecular flexibility index (Phi) is 3.06. The van der Waals surface area contributed by atoms with Crippen molar-refractivity contribution in [1.82, 2.24) is 14.6 Å². The van der Waals surface area contributed by atoms with Gasteiger partial charge < -0.3 is 15.4 Å². The molecule has 0 spiro atoms. The number of hydrogen-bond acceptors (Lipinski definition) is 5. The molecule has 2 atom stereocenters. The Balaban J connectivity index is 2.01. The molecule has 1 aliphatic rings. The van der Waals surface area contributed by atoms with Crippen molar-refractivity contribution < 1.29 is 9.53 Å². The van der Waals surface area contributed by atoms with E-state index in [1.165, 1.54) is 6.20 Å². The van der Waals surface area contributed by atoms with Gasteiger partial charge in [-0.2, -0.15) is 9.61 Å². The molecule has 0 saturated heterocycles. The van der Waals surface area contributed by atoms with Crippen molar-refractivity contribution in [2.45, 2.75) is 25.0 Å². The lowest BCUT2D eigenvalue weighted by Crippen LogP contribution is -2.50. The van der Waals surface area contributed by atoms with Crippen molar-refractivity contribution in [3.05, 3.63) is 24.0 Å². The first-order valence-corrected chi connectivity index (χ1v) is 6.51. The lowest BCUT2D eigenvalue weighted by Gasteiger charge is -2.42. The third-order valence-electron chi connectivity index (χ3n) is 3.98. The molecule has 0 aromatic carbocycles. The Morgan fingerprint density at radius 2 is 2.35 bits per heavy atom. The number of aromatic nitrogens is 3. The van der Waals surface area contributed by atoms with Crippen LogP contribution in [-0.2, 0) is 4.74 Å². The van der Waals surface area contributed by atoms with Crippen LogP contribution < -0.4 is 10.6 Å². The zero-order valence-corrected chi connectivity index (χ0v) is 11.5. The quantitative estimate of drug-likeness (QED) is 0.875. The molecule has 20 heavy (non-hydrogen) atoms. The maximum absolute atomic E-state index is 11.4. The van der Waals surface area contributed by atoms with Crippen LogP contribution in [0, 0.1) is 0 Å². The minimum Gasteiger partial charge on any atom is -0.379 e. The molecule has 2 aromatic rings. The van der Waals surface area contributed by atoms with E-state index in [0.29, 0.717) is 17.3 Å². The summed E-state index contributed by atoms with van der Waals surface area (Å²) in [6.07, 6.45) is 5.48. The van der Waals surface area contributed by atoms with Gasteiger partial charge in [0.2, 0.25) is 0 Å². The number of nitrogens with zero attached hydrogens (tertiary/aromatic N) is 4. The number of nitrogens with two attached hydrogens (primary N) is 1. The first-order valence-electron chi connectivity index (χ1n) is 6.51. The number of amides is 1. The van der Waals surface area contributed by atoms with Crippen molar-refractivity contribution in [1.29, 1.82) is 0 Å². The first-order chi connectivity index (χ1) is 9.63. The average Bonchev–Trinajstić information content (AvgIpc) is 2.81. The van der Waals surface area contributed by atoms with E-state index in [0.717, 1.165) is 18.7 Å². The lowest BCUT2D eigenvalue weighted by molar-refractivity contribution is 0.0192. The molecule has 1 fully saturated rings. The first kappa shape index (κ1) is 12.9. The fraction of sp³-hybridized carbons (Fsp3) is 0.462. The van der Waals surface area contributed by atoms with Crippen LogP contribution in [0.5, 0.6) is 0 Å². The maximum atomic E-state index is 11.4. The van der Waals surface area contributed by atoms with Gasteiger partial charge in [-0.25, -0.2) is 4.98 Å². The van der Waals surface area contributed by atoms with E-state index in [1.807, 2.05) is 13.1 Å². The number of fused-ring (bicyclic) bond motifs is 1. The number of likely N-dealkylation sites (N-methyl/N-ethyl adjacent to an activating group) is 1. The van der Waals surface area contributed by atoms with Crippen LogP contribution in [0.15, 0.2) is 18.5 Å². The number of primary amides is 1. The zero-order chi connectivity index (χ0) is 14.3. The summed E-state index contributed by atoms with van der Waals surface area (Å²) in [5.41, 5.74) is 6.14. The standard InChI is InChI=1S/C13H17N5O2/c1-17(9-3-4-10(9)20-2)11-5-6-15-13-8(12(14)19)7-16-18(11)13/h5-7,9-10H,3-4H2,1-2H3,(H2,14,19)/t9-,10-/m1/s1. The summed E-state index contributed by atoms with van der Waals surface area (Å²) in [7, 11) is 3.72. The molecule has 1 amide bonds. The Morgan fingerprint density at radius 1 is 1.55 bits per heavy atom. The van der Waals surface area contributed by atoms with E-state index >= 15 is 0 Å². The van der Waals surface area contributed by atoms with E-state index in [4.69, 9.17) is 10.5 Å². The number of hydrogen-bond donors (Lipinski definition) is 1. The van der Waals surface area contributed by atoms with Gasteiger partial charge in [-0.3, -0.25) is 4.79 Å². The summed E-state index contributed by atoms with van der Waals surface area (Å²) in [6.45, 7) is 0. The fourth-order valence-corrected chi connectivity index (χ4v) is 2.66. The minimum atomic E-state index is -0.522. The third-order valence-corrected chi connectivity index (χ3v) is 3.98. The number of anilines is 1. The summed E-state index contributed by atoms with van der Waals surface area (Å²) >= 11 is 0. The largest absolute Gasteiger partial charge is 0.379 e. The number of methoxy groups -OCH3 is 1. The van der Waals surface area contributed by atoms with Crippen LogP contribution in [0.1, 0.15) is 23.2 Å². The molecule has 7 heteroatoms. The zero-order valence-electron chi connectivity index (χ0n) is 11.5. The third kappa shape index (κ3) is 1.82. The minimum absolute atomic E-state index is 0.231. The molecule has 7 nitrogen and oxygen atoms in total. The van der Waals surface area contributed by atoms with Crippen LogP contribution in [0.3, 0.4) is 0 Å². The van der Waals surface area contributed by atoms with Crippen molar-refractivity contribution in [2.24, 2.45) is 5.73 Å². The van der Waals surface area contributed by atoms with Crippen molar-refractivity contribution in [3.63, 3.8) is 0 Å². The highest BCUT2D eigenvalue weighted by atomic mass is 16.5. The molecule has 0 aliphatic heterocycles. The fourth-order valence-electron chi connectivity index (χ4n) is 2.66. The van der Waals surface area contributed by atoms with Gasteiger partial charge in [-0.1, -0.05) is 0 Å². The van der Waals surface area contributed by atoms with E-state index < -0.39 is 5.91 Å². The Morgan fingerprint density at radius 3 is 2.95 bits per heavy atom. The number of carbonyl (C=O) groups excluding carboxylic acids is 1. The van der Waals surface area contributed by atoms with Crippen LogP contribution in [-0.4, -0.2) is 46.8 Å².